The van der Waals surface area contributed by atoms with Crippen LogP contribution in [-0.4, -0.2) is 62.2 Å². The van der Waals surface area contributed by atoms with Crippen molar-refractivity contribution in [3.05, 3.63) is 59.0 Å². The first-order chi connectivity index (χ1) is 18.1. The summed E-state index contributed by atoms with van der Waals surface area (Å²) in [7, 11) is 1.79. The summed E-state index contributed by atoms with van der Waals surface area (Å²) >= 11 is 0. The normalized spacial score (nSPS) is 17.3. The van der Waals surface area contributed by atoms with Crippen LogP contribution in [0.4, 0.5) is 23.8 Å². The molecule has 9 nitrogen and oxygen atoms in total. The molecular formula is C26H28F3N7O2. The molecule has 1 unspecified atom stereocenters. The number of halogens is 3. The Labute approximate surface area is 217 Å². The van der Waals surface area contributed by atoms with Crippen LogP contribution < -0.4 is 10.1 Å². The fourth-order valence-corrected chi connectivity index (χ4v) is 4.67. The van der Waals surface area contributed by atoms with Gasteiger partial charge in [0.15, 0.2) is 17.4 Å². The van der Waals surface area contributed by atoms with Gasteiger partial charge in [0.05, 0.1) is 36.7 Å². The molecule has 0 aliphatic carbocycles. The van der Waals surface area contributed by atoms with Crippen LogP contribution in [0, 0.1) is 24.4 Å². The second kappa shape index (κ2) is 9.99. The molecule has 1 atom stereocenters. The van der Waals surface area contributed by atoms with Crippen LogP contribution in [0.5, 0.6) is 5.75 Å². The van der Waals surface area contributed by atoms with Gasteiger partial charge in [-0.15, -0.1) is 0 Å². The molecule has 1 N–H and O–H groups in total. The van der Waals surface area contributed by atoms with E-state index in [4.69, 9.17) is 4.74 Å². The van der Waals surface area contributed by atoms with Gasteiger partial charge in [0.25, 0.3) is 0 Å². The molecule has 2 aliphatic heterocycles. The minimum absolute atomic E-state index is 0.0263. The fraction of sp³-hybridized carbons (Fsp3) is 0.385. The topological polar surface area (TPSA) is 87.9 Å². The number of carbonyl (C=O) groups is 1. The van der Waals surface area contributed by atoms with Gasteiger partial charge in [0.1, 0.15) is 17.7 Å². The van der Waals surface area contributed by atoms with Gasteiger partial charge < -0.3 is 15.0 Å². The first-order valence-electron chi connectivity index (χ1n) is 12.3. The van der Waals surface area contributed by atoms with Crippen LogP contribution in [0.3, 0.4) is 0 Å². The Balaban J connectivity index is 1.26. The van der Waals surface area contributed by atoms with Gasteiger partial charge in [-0.25, -0.2) is 23.0 Å². The Morgan fingerprint density at radius 2 is 1.84 bits per heavy atom. The summed E-state index contributed by atoms with van der Waals surface area (Å²) in [5.74, 6) is -1.30. The van der Waals surface area contributed by atoms with Crippen molar-refractivity contribution >= 4 is 18.1 Å². The van der Waals surface area contributed by atoms with E-state index in [9.17, 15) is 18.0 Å². The highest BCUT2D eigenvalue weighted by Crippen LogP contribution is 2.33. The average Bonchev–Trinajstić information content (AvgIpc) is 3.41. The van der Waals surface area contributed by atoms with Crippen LogP contribution in [0.15, 0.2) is 35.6 Å². The van der Waals surface area contributed by atoms with E-state index in [-0.39, 0.29) is 24.9 Å². The average molecular weight is 528 g/mol. The maximum Gasteiger partial charge on any atom is 0.341 e. The van der Waals surface area contributed by atoms with E-state index >= 15 is 0 Å². The van der Waals surface area contributed by atoms with Crippen molar-refractivity contribution in [2.24, 2.45) is 12.1 Å². The third-order valence-corrected chi connectivity index (χ3v) is 6.48. The second-order valence-corrected chi connectivity index (χ2v) is 9.77. The predicted octanol–water partition coefficient (Wildman–Crippen LogP) is 4.64. The van der Waals surface area contributed by atoms with Crippen LogP contribution in [0.2, 0.25) is 0 Å². The number of anilines is 1. The number of ether oxygens (including phenoxy) is 1. The molecule has 2 aromatic heterocycles. The molecule has 1 aromatic carbocycles. The van der Waals surface area contributed by atoms with E-state index in [1.165, 1.54) is 34.3 Å². The monoisotopic (exact) mass is 527 g/mol. The lowest BCUT2D eigenvalue weighted by Crippen LogP contribution is -2.58. The van der Waals surface area contributed by atoms with Crippen LogP contribution in [0.1, 0.15) is 37.4 Å². The molecule has 3 aromatic rings. The number of hydrazone groups is 1. The second-order valence-electron chi connectivity index (χ2n) is 9.77. The molecule has 4 heterocycles. The van der Waals surface area contributed by atoms with E-state index in [2.05, 4.69) is 20.5 Å². The van der Waals surface area contributed by atoms with Gasteiger partial charge in [0.2, 0.25) is 0 Å². The largest absolute Gasteiger partial charge is 0.483 e. The number of rotatable bonds is 6. The molecule has 38 heavy (non-hydrogen) atoms. The number of benzene rings is 1. The molecule has 5 rings (SSSR count). The summed E-state index contributed by atoms with van der Waals surface area (Å²) in [5, 5.41) is 13.1. The highest BCUT2D eigenvalue weighted by atomic mass is 19.1. The quantitative estimate of drug-likeness (QED) is 0.505. The van der Waals surface area contributed by atoms with E-state index < -0.39 is 35.6 Å². The number of likely N-dealkylation sites (tertiary alicyclic amines) is 1. The van der Waals surface area contributed by atoms with Gasteiger partial charge in [-0.3, -0.25) is 9.67 Å². The summed E-state index contributed by atoms with van der Waals surface area (Å²) in [4.78, 5) is 18.8. The van der Waals surface area contributed by atoms with E-state index in [0.29, 0.717) is 17.7 Å². The number of hydrogen-bond acceptors (Lipinski definition) is 6. The minimum atomic E-state index is -0.718. The number of carbonyl (C=O) groups excluding carboxylic acids is 1. The smallest absolute Gasteiger partial charge is 0.341 e. The molecule has 200 valence electrons. The summed E-state index contributed by atoms with van der Waals surface area (Å²) in [5.41, 5.74) is 2.44. The maximum absolute atomic E-state index is 14.6. The molecule has 2 amide bonds. The number of nitrogens with zero attached hydrogens (tertiary/aromatic N) is 6. The minimum Gasteiger partial charge on any atom is -0.483 e. The Bertz CT molecular complexity index is 1380. The first kappa shape index (κ1) is 25.6. The van der Waals surface area contributed by atoms with Gasteiger partial charge in [-0.1, -0.05) is 0 Å². The Morgan fingerprint density at radius 3 is 2.53 bits per heavy atom. The number of nitrogens with one attached hydrogen (secondary N) is 1. The van der Waals surface area contributed by atoms with Gasteiger partial charge in [-0.2, -0.15) is 10.2 Å². The number of urea groups is 1. The number of amides is 2. The maximum atomic E-state index is 14.6. The van der Waals surface area contributed by atoms with Crippen LogP contribution >= 0.6 is 0 Å². The van der Waals surface area contributed by atoms with E-state index in [1.54, 1.807) is 11.7 Å². The zero-order valence-electron chi connectivity index (χ0n) is 21.5. The van der Waals surface area contributed by atoms with Gasteiger partial charge in [-0.05, 0) is 38.5 Å². The molecule has 0 saturated carbocycles. The Kier molecular flexibility index (Phi) is 6.72. The van der Waals surface area contributed by atoms with Crippen molar-refractivity contribution in [1.82, 2.24) is 24.7 Å². The number of aryl methyl sites for hydroxylation is 1. The van der Waals surface area contributed by atoms with Gasteiger partial charge >= 0.3 is 6.03 Å². The molecule has 0 radical (unpaired) electrons. The molecule has 2 aliphatic rings. The summed E-state index contributed by atoms with van der Waals surface area (Å²) < 4.78 is 49.6. The fourth-order valence-electron chi connectivity index (χ4n) is 4.67. The first-order valence-corrected chi connectivity index (χ1v) is 12.3. The highest BCUT2D eigenvalue weighted by molar-refractivity contribution is 5.79. The van der Waals surface area contributed by atoms with Crippen molar-refractivity contribution in [3.8, 4) is 17.1 Å². The van der Waals surface area contributed by atoms with Crippen molar-refractivity contribution in [2.75, 3.05) is 18.4 Å². The summed E-state index contributed by atoms with van der Waals surface area (Å²) in [6, 6.07) is 3.87. The summed E-state index contributed by atoms with van der Waals surface area (Å²) in [6.07, 6.45) is 2.55. The zero-order valence-corrected chi connectivity index (χ0v) is 21.5. The predicted molar refractivity (Wildman–Crippen MR) is 135 cm³/mol. The molecule has 1 fully saturated rings. The Hall–Kier alpha value is -4.09. The van der Waals surface area contributed by atoms with E-state index in [0.717, 1.165) is 29.3 Å². The standard InChI is InChI=1S/C26H28F3N7O2/c1-14(2)32-25-15(3)24(34(4)33-25)21-10-23(20(29)11-30-21)38-19-12-35(13-19)26(37)36-22(5-6-31-36)16-7-17(27)9-18(28)8-16/h6-11,14,19,22H,5,12-13H2,1-4H3,(H,32,33). The lowest BCUT2D eigenvalue weighted by molar-refractivity contribution is 0.0256. The molecule has 0 bridgehead atoms. The Morgan fingerprint density at radius 1 is 1.13 bits per heavy atom. The third-order valence-electron chi connectivity index (χ3n) is 6.48. The van der Waals surface area contributed by atoms with Crippen molar-refractivity contribution < 1.29 is 22.7 Å². The zero-order chi connectivity index (χ0) is 27.1. The lowest BCUT2D eigenvalue weighted by Gasteiger charge is -2.41. The highest BCUT2D eigenvalue weighted by Gasteiger charge is 2.39. The van der Waals surface area contributed by atoms with Crippen LogP contribution in [-0.2, 0) is 7.05 Å². The van der Waals surface area contributed by atoms with Crippen molar-refractivity contribution in [3.63, 3.8) is 0 Å². The van der Waals surface area contributed by atoms with Crippen molar-refractivity contribution in [1.29, 1.82) is 0 Å². The van der Waals surface area contributed by atoms with E-state index in [1.807, 2.05) is 20.8 Å². The number of aromatic nitrogens is 3. The number of hydrogen-bond donors (Lipinski definition) is 1. The number of pyridine rings is 1. The third kappa shape index (κ3) is 4.90. The van der Waals surface area contributed by atoms with Crippen LogP contribution in [0.25, 0.3) is 11.4 Å². The SMILES string of the molecule is Cc1c(NC(C)C)nn(C)c1-c1cc(OC2CN(C(=O)N3N=CCC3c3cc(F)cc(F)c3)C2)c(F)cn1. The molecular weight excluding hydrogens is 499 g/mol. The lowest BCUT2D eigenvalue weighted by atomic mass is 10.0. The van der Waals surface area contributed by atoms with Gasteiger partial charge in [0, 0.05) is 43.4 Å². The van der Waals surface area contributed by atoms with Crippen molar-refractivity contribution in [2.45, 2.75) is 45.4 Å². The summed E-state index contributed by atoms with van der Waals surface area (Å²) in [6.45, 7) is 6.36. The molecule has 0 spiro atoms. The molecule has 1 saturated heterocycles. The molecule has 12 heteroatoms.